The molecule has 0 bridgehead atoms. The van der Waals surface area contributed by atoms with E-state index in [-0.39, 0.29) is 11.5 Å². The number of aryl methyl sites for hydroxylation is 1. The number of aromatic nitrogens is 1. The Bertz CT molecular complexity index is 633. The molecular weight excluding hydrogens is 248 g/mol. The molecule has 1 aromatic carbocycles. The van der Waals surface area contributed by atoms with Crippen molar-refractivity contribution in [2.24, 2.45) is 10.9 Å². The summed E-state index contributed by atoms with van der Waals surface area (Å²) < 4.78 is 4.82. The number of nitrogens with zero attached hydrogens (tertiary/aromatic N) is 2. The van der Waals surface area contributed by atoms with Gasteiger partial charge in [-0.1, -0.05) is 22.4 Å². The van der Waals surface area contributed by atoms with E-state index in [4.69, 9.17) is 15.5 Å². The van der Waals surface area contributed by atoms with Gasteiger partial charge in [-0.05, 0) is 19.1 Å². The highest BCUT2D eigenvalue weighted by molar-refractivity contribution is 6.09. The molecule has 7 nitrogen and oxygen atoms in total. The molecule has 0 saturated heterocycles. The number of amidine groups is 1. The zero-order valence-corrected chi connectivity index (χ0v) is 10.1. The third kappa shape index (κ3) is 2.71. The predicted octanol–water partition coefficient (Wildman–Crippen LogP) is 1.33. The van der Waals surface area contributed by atoms with Gasteiger partial charge in [-0.15, -0.1) is 0 Å². The summed E-state index contributed by atoms with van der Waals surface area (Å²) in [5.74, 6) is 0.0112. The standard InChI is InChI=1S/C12H12N4O3/c1-7-6-10(16-19-7)12(17)14-9-5-3-2-4-8(9)11(13)15-18/h2-6,18H,1H3,(H2,13,15)(H,14,17). The van der Waals surface area contributed by atoms with Crippen LogP contribution in [0.5, 0.6) is 0 Å². The highest BCUT2D eigenvalue weighted by atomic mass is 16.5. The Kier molecular flexibility index (Phi) is 3.46. The van der Waals surface area contributed by atoms with E-state index in [9.17, 15) is 4.79 Å². The lowest BCUT2D eigenvalue weighted by molar-refractivity contribution is 0.101. The minimum absolute atomic E-state index is 0.0905. The number of carbonyl (C=O) groups is 1. The second-order valence-corrected chi connectivity index (χ2v) is 3.81. The first kappa shape index (κ1) is 12.6. The van der Waals surface area contributed by atoms with Gasteiger partial charge in [0.15, 0.2) is 11.5 Å². The zero-order valence-electron chi connectivity index (χ0n) is 10.1. The quantitative estimate of drug-likeness (QED) is 0.333. The van der Waals surface area contributed by atoms with E-state index < -0.39 is 5.91 Å². The van der Waals surface area contributed by atoms with Gasteiger partial charge in [0.25, 0.3) is 5.91 Å². The molecule has 0 aliphatic rings. The average Bonchev–Trinajstić information content (AvgIpc) is 2.85. The van der Waals surface area contributed by atoms with E-state index >= 15 is 0 Å². The van der Waals surface area contributed by atoms with Crippen LogP contribution in [0, 0.1) is 6.92 Å². The fourth-order valence-electron chi connectivity index (χ4n) is 1.53. The molecule has 0 aliphatic heterocycles. The second-order valence-electron chi connectivity index (χ2n) is 3.81. The third-order valence-electron chi connectivity index (χ3n) is 2.42. The van der Waals surface area contributed by atoms with Crippen molar-refractivity contribution in [1.29, 1.82) is 0 Å². The van der Waals surface area contributed by atoms with Crippen LogP contribution in [0.15, 0.2) is 40.0 Å². The number of para-hydroxylation sites is 1. The number of hydrogen-bond donors (Lipinski definition) is 3. The number of oxime groups is 1. The maximum atomic E-state index is 11.9. The number of nitrogens with one attached hydrogen (secondary N) is 1. The number of nitrogens with two attached hydrogens (primary N) is 1. The molecule has 2 rings (SSSR count). The van der Waals surface area contributed by atoms with Gasteiger partial charge in [-0.3, -0.25) is 4.79 Å². The first-order chi connectivity index (χ1) is 9.11. The summed E-state index contributed by atoms with van der Waals surface area (Å²) in [6.07, 6.45) is 0. The highest BCUT2D eigenvalue weighted by Crippen LogP contribution is 2.16. The maximum Gasteiger partial charge on any atom is 0.277 e. The Hall–Kier alpha value is -2.83. The number of carbonyl (C=O) groups excluding carboxylic acids is 1. The van der Waals surface area contributed by atoms with E-state index in [0.29, 0.717) is 17.0 Å². The fraction of sp³-hybridized carbons (Fsp3) is 0.0833. The van der Waals surface area contributed by atoms with Gasteiger partial charge in [-0.25, -0.2) is 0 Å². The van der Waals surface area contributed by atoms with Gasteiger partial charge in [0.2, 0.25) is 0 Å². The highest BCUT2D eigenvalue weighted by Gasteiger charge is 2.14. The fourth-order valence-corrected chi connectivity index (χ4v) is 1.53. The summed E-state index contributed by atoms with van der Waals surface area (Å²) in [7, 11) is 0. The molecule has 1 heterocycles. The van der Waals surface area contributed by atoms with Gasteiger partial charge >= 0.3 is 0 Å². The smallest absolute Gasteiger partial charge is 0.277 e. The molecule has 2 aromatic rings. The van der Waals surface area contributed by atoms with Crippen molar-refractivity contribution in [2.45, 2.75) is 6.92 Å². The average molecular weight is 260 g/mol. The topological polar surface area (TPSA) is 114 Å². The van der Waals surface area contributed by atoms with E-state index in [1.54, 1.807) is 31.2 Å². The van der Waals surface area contributed by atoms with Crippen molar-refractivity contribution >= 4 is 17.4 Å². The predicted molar refractivity (Wildman–Crippen MR) is 68.1 cm³/mol. The minimum atomic E-state index is -0.435. The van der Waals surface area contributed by atoms with Crippen molar-refractivity contribution in [3.8, 4) is 0 Å². The maximum absolute atomic E-state index is 11.9. The molecular formula is C12H12N4O3. The number of anilines is 1. The molecule has 7 heteroatoms. The van der Waals surface area contributed by atoms with Crippen molar-refractivity contribution in [2.75, 3.05) is 5.32 Å². The first-order valence-electron chi connectivity index (χ1n) is 5.43. The molecule has 1 aromatic heterocycles. The van der Waals surface area contributed by atoms with Crippen molar-refractivity contribution in [1.82, 2.24) is 5.16 Å². The third-order valence-corrected chi connectivity index (χ3v) is 2.42. The Morgan fingerprint density at radius 3 is 2.84 bits per heavy atom. The normalized spacial score (nSPS) is 11.3. The molecule has 0 saturated carbocycles. The molecule has 0 aliphatic carbocycles. The Morgan fingerprint density at radius 1 is 1.47 bits per heavy atom. The zero-order chi connectivity index (χ0) is 13.8. The van der Waals surface area contributed by atoms with E-state index in [2.05, 4.69) is 15.6 Å². The monoisotopic (exact) mass is 260 g/mol. The lowest BCUT2D eigenvalue weighted by Crippen LogP contribution is -2.19. The van der Waals surface area contributed by atoms with Gasteiger partial charge in [-0.2, -0.15) is 0 Å². The minimum Gasteiger partial charge on any atom is -0.409 e. The SMILES string of the molecule is Cc1cc(C(=O)Nc2ccccc2C(N)=NO)no1. The summed E-state index contributed by atoms with van der Waals surface area (Å²) in [6, 6.07) is 8.21. The van der Waals surface area contributed by atoms with E-state index in [0.717, 1.165) is 0 Å². The van der Waals surface area contributed by atoms with Crippen LogP contribution >= 0.6 is 0 Å². The Morgan fingerprint density at radius 2 is 2.21 bits per heavy atom. The first-order valence-corrected chi connectivity index (χ1v) is 5.43. The van der Waals surface area contributed by atoms with Gasteiger partial charge in [0, 0.05) is 11.6 Å². The lowest BCUT2D eigenvalue weighted by atomic mass is 10.1. The van der Waals surface area contributed by atoms with Gasteiger partial charge in [0.05, 0.1) is 5.69 Å². The largest absolute Gasteiger partial charge is 0.409 e. The van der Waals surface area contributed by atoms with Gasteiger partial charge < -0.3 is 20.8 Å². The molecule has 0 atom stereocenters. The van der Waals surface area contributed by atoms with Crippen LogP contribution in [0.2, 0.25) is 0 Å². The summed E-state index contributed by atoms with van der Waals surface area (Å²) in [5, 5.41) is 17.8. The van der Waals surface area contributed by atoms with Crippen LogP contribution in [0.4, 0.5) is 5.69 Å². The number of rotatable bonds is 3. The van der Waals surface area contributed by atoms with Crippen molar-refractivity contribution < 1.29 is 14.5 Å². The van der Waals surface area contributed by atoms with Crippen LogP contribution < -0.4 is 11.1 Å². The Labute approximate surface area is 108 Å². The molecule has 0 radical (unpaired) electrons. The van der Waals surface area contributed by atoms with E-state index in [1.807, 2.05) is 0 Å². The van der Waals surface area contributed by atoms with Crippen LogP contribution in [0.3, 0.4) is 0 Å². The number of amides is 1. The summed E-state index contributed by atoms with van der Waals surface area (Å²) in [6.45, 7) is 1.69. The summed E-state index contributed by atoms with van der Waals surface area (Å²) in [5.41, 5.74) is 6.52. The number of benzene rings is 1. The van der Waals surface area contributed by atoms with Gasteiger partial charge in [0.1, 0.15) is 5.76 Å². The lowest BCUT2D eigenvalue weighted by Gasteiger charge is -2.08. The second kappa shape index (κ2) is 5.21. The van der Waals surface area contributed by atoms with Crippen molar-refractivity contribution in [3.63, 3.8) is 0 Å². The molecule has 98 valence electrons. The molecule has 0 spiro atoms. The molecule has 0 unspecified atom stereocenters. The number of hydrogen-bond acceptors (Lipinski definition) is 5. The molecule has 4 N–H and O–H groups in total. The molecule has 1 amide bonds. The van der Waals surface area contributed by atoms with Crippen LogP contribution in [-0.4, -0.2) is 22.1 Å². The van der Waals surface area contributed by atoms with Crippen molar-refractivity contribution in [3.05, 3.63) is 47.3 Å². The summed E-state index contributed by atoms with van der Waals surface area (Å²) in [4.78, 5) is 11.9. The molecule has 0 fully saturated rings. The van der Waals surface area contributed by atoms with Crippen LogP contribution in [-0.2, 0) is 0 Å². The Balaban J connectivity index is 2.27. The molecule has 19 heavy (non-hydrogen) atoms. The van der Waals surface area contributed by atoms with Crippen LogP contribution in [0.1, 0.15) is 21.8 Å². The summed E-state index contributed by atoms with van der Waals surface area (Å²) >= 11 is 0. The van der Waals surface area contributed by atoms with Crippen LogP contribution in [0.25, 0.3) is 0 Å². The van der Waals surface area contributed by atoms with E-state index in [1.165, 1.54) is 6.07 Å².